The molecule has 3 rings (SSSR count). The van der Waals surface area contributed by atoms with Crippen LogP contribution in [0.1, 0.15) is 49.0 Å². The van der Waals surface area contributed by atoms with Gasteiger partial charge in [-0.05, 0) is 31.9 Å². The molecule has 2 aliphatic rings. The van der Waals surface area contributed by atoms with Gasteiger partial charge >= 0.3 is 0 Å². The van der Waals surface area contributed by atoms with Crippen LogP contribution in [0.25, 0.3) is 0 Å². The van der Waals surface area contributed by atoms with E-state index in [0.717, 1.165) is 11.3 Å². The summed E-state index contributed by atoms with van der Waals surface area (Å²) in [6.45, 7) is 5.79. The van der Waals surface area contributed by atoms with E-state index >= 15 is 0 Å². The standard InChI is InChI=1S/C19H20N4O2S/c1-4-8-19-14(5-2)18(11-22,16(23)25-19)17(9-20,10-21)15(24-19)13-7-6-12(3)26-13/h6-7,14-15,23H,4-5,8H2,1-3H3. The zero-order valence-electron chi connectivity index (χ0n) is 15.0. The molecule has 7 heteroatoms. The van der Waals surface area contributed by atoms with Crippen molar-refractivity contribution in [1.29, 1.82) is 21.2 Å². The Morgan fingerprint density at radius 3 is 2.35 bits per heavy atom. The number of hydrogen-bond donors (Lipinski definition) is 1. The van der Waals surface area contributed by atoms with Crippen LogP contribution in [0.2, 0.25) is 0 Å². The quantitative estimate of drug-likeness (QED) is 0.855. The summed E-state index contributed by atoms with van der Waals surface area (Å²) < 4.78 is 12.2. The Labute approximate surface area is 157 Å². The Hall–Kier alpha value is -2.40. The zero-order valence-corrected chi connectivity index (χ0v) is 15.8. The molecular weight excluding hydrogens is 348 g/mol. The maximum Gasteiger partial charge on any atom is 0.217 e. The van der Waals surface area contributed by atoms with Crippen LogP contribution in [-0.4, -0.2) is 11.7 Å². The molecule has 6 nitrogen and oxygen atoms in total. The first-order chi connectivity index (χ1) is 12.4. The topological polar surface area (TPSA) is 114 Å². The minimum Gasteiger partial charge on any atom is -0.447 e. The van der Waals surface area contributed by atoms with Gasteiger partial charge in [-0.3, -0.25) is 5.41 Å². The van der Waals surface area contributed by atoms with E-state index in [4.69, 9.17) is 14.9 Å². The van der Waals surface area contributed by atoms with E-state index in [2.05, 4.69) is 18.2 Å². The van der Waals surface area contributed by atoms with Crippen molar-refractivity contribution < 1.29 is 9.47 Å². The molecule has 2 aliphatic heterocycles. The molecule has 1 aromatic heterocycles. The molecule has 1 N–H and O–H groups in total. The molecule has 4 unspecified atom stereocenters. The largest absolute Gasteiger partial charge is 0.447 e. The minimum atomic E-state index is -1.84. The highest BCUT2D eigenvalue weighted by Crippen LogP contribution is 2.68. The Morgan fingerprint density at radius 1 is 1.19 bits per heavy atom. The summed E-state index contributed by atoms with van der Waals surface area (Å²) in [5.41, 5.74) is -3.49. The van der Waals surface area contributed by atoms with E-state index < -0.39 is 28.6 Å². The summed E-state index contributed by atoms with van der Waals surface area (Å²) in [4.78, 5) is 1.73. The van der Waals surface area contributed by atoms with Crippen LogP contribution in [0.15, 0.2) is 12.1 Å². The fourth-order valence-corrected chi connectivity index (χ4v) is 5.49. The van der Waals surface area contributed by atoms with Gasteiger partial charge < -0.3 is 9.47 Å². The summed E-state index contributed by atoms with van der Waals surface area (Å²) in [6, 6.07) is 10.0. The average Bonchev–Trinajstić information content (AvgIpc) is 3.13. The molecule has 0 spiro atoms. The fourth-order valence-electron chi connectivity index (χ4n) is 4.52. The van der Waals surface area contributed by atoms with Gasteiger partial charge in [-0.15, -0.1) is 11.3 Å². The maximum absolute atomic E-state index is 10.2. The second kappa shape index (κ2) is 6.09. The van der Waals surface area contributed by atoms with Gasteiger partial charge in [-0.1, -0.05) is 13.8 Å². The zero-order chi connectivity index (χ0) is 19.2. The Morgan fingerprint density at radius 2 is 1.88 bits per heavy atom. The van der Waals surface area contributed by atoms with Gasteiger partial charge in [0, 0.05) is 16.2 Å². The van der Waals surface area contributed by atoms with Crippen LogP contribution in [0, 0.1) is 63.1 Å². The Bertz CT molecular complexity index is 859. The average molecular weight is 368 g/mol. The molecule has 3 heterocycles. The van der Waals surface area contributed by atoms with Gasteiger partial charge in [0.25, 0.3) is 0 Å². The van der Waals surface area contributed by atoms with Crippen molar-refractivity contribution in [2.45, 2.75) is 51.9 Å². The molecule has 0 amide bonds. The number of fused-ring (bicyclic) bond motifs is 2. The Balaban J connectivity index is 2.33. The second-order valence-corrected chi connectivity index (χ2v) is 8.17. The number of thiophene rings is 1. The molecule has 134 valence electrons. The van der Waals surface area contributed by atoms with E-state index in [9.17, 15) is 15.8 Å². The third kappa shape index (κ3) is 1.95. The van der Waals surface area contributed by atoms with Crippen LogP contribution in [-0.2, 0) is 9.47 Å². The van der Waals surface area contributed by atoms with E-state index in [1.165, 1.54) is 11.3 Å². The van der Waals surface area contributed by atoms with Crippen LogP contribution >= 0.6 is 11.3 Å². The van der Waals surface area contributed by atoms with E-state index in [1.807, 2.05) is 32.9 Å². The fraction of sp³-hybridized carbons (Fsp3) is 0.579. The van der Waals surface area contributed by atoms with Gasteiger partial charge in [-0.25, -0.2) is 0 Å². The van der Waals surface area contributed by atoms with Crippen molar-refractivity contribution in [1.82, 2.24) is 0 Å². The maximum atomic E-state index is 10.2. The highest BCUT2D eigenvalue weighted by atomic mass is 32.1. The van der Waals surface area contributed by atoms with E-state index in [0.29, 0.717) is 17.7 Å². The molecule has 2 fully saturated rings. The third-order valence-electron chi connectivity index (χ3n) is 5.57. The number of ether oxygens (including phenoxy) is 2. The van der Waals surface area contributed by atoms with Gasteiger partial charge in [-0.2, -0.15) is 15.8 Å². The normalized spacial score (nSPS) is 34.4. The van der Waals surface area contributed by atoms with Crippen LogP contribution in [0.4, 0.5) is 0 Å². The first-order valence-corrected chi connectivity index (χ1v) is 9.49. The van der Waals surface area contributed by atoms with Gasteiger partial charge in [0.2, 0.25) is 17.1 Å². The molecule has 1 aromatic rings. The third-order valence-corrected chi connectivity index (χ3v) is 6.62. The second-order valence-electron chi connectivity index (χ2n) is 6.85. The first kappa shape index (κ1) is 18.4. The molecule has 2 bridgehead atoms. The number of rotatable bonds is 4. The summed E-state index contributed by atoms with van der Waals surface area (Å²) in [5.74, 6) is -2.03. The van der Waals surface area contributed by atoms with Crippen molar-refractivity contribution in [3.8, 4) is 18.2 Å². The highest BCUT2D eigenvalue weighted by molar-refractivity contribution is 7.12. The minimum absolute atomic E-state index is 0.320. The van der Waals surface area contributed by atoms with Gasteiger partial charge in [0.1, 0.15) is 6.10 Å². The molecule has 0 saturated carbocycles. The molecule has 0 aliphatic carbocycles. The van der Waals surface area contributed by atoms with E-state index in [-0.39, 0.29) is 5.90 Å². The summed E-state index contributed by atoms with van der Waals surface area (Å²) >= 11 is 1.43. The number of nitrogens with one attached hydrogen (secondary N) is 1. The van der Waals surface area contributed by atoms with E-state index in [1.54, 1.807) is 0 Å². The smallest absolute Gasteiger partial charge is 0.217 e. The first-order valence-electron chi connectivity index (χ1n) is 8.67. The number of hydrogen-bond acceptors (Lipinski definition) is 7. The summed E-state index contributed by atoms with van der Waals surface area (Å²) in [5, 5.41) is 38.8. The molecular formula is C19H20N4O2S. The van der Waals surface area contributed by atoms with Crippen LogP contribution < -0.4 is 0 Å². The van der Waals surface area contributed by atoms with Crippen LogP contribution in [0.5, 0.6) is 0 Å². The van der Waals surface area contributed by atoms with Crippen molar-refractivity contribution in [3.05, 3.63) is 21.9 Å². The van der Waals surface area contributed by atoms with Crippen molar-refractivity contribution >= 4 is 17.2 Å². The van der Waals surface area contributed by atoms with Crippen molar-refractivity contribution in [3.63, 3.8) is 0 Å². The van der Waals surface area contributed by atoms with Crippen molar-refractivity contribution in [2.75, 3.05) is 0 Å². The number of nitrogens with zero attached hydrogens (tertiary/aromatic N) is 3. The Kier molecular flexibility index (Phi) is 4.31. The van der Waals surface area contributed by atoms with Crippen molar-refractivity contribution in [2.24, 2.45) is 16.7 Å². The van der Waals surface area contributed by atoms with Gasteiger partial charge in [0.05, 0.1) is 24.1 Å². The molecule has 0 radical (unpaired) electrons. The molecule has 0 aromatic carbocycles. The summed E-state index contributed by atoms with van der Waals surface area (Å²) in [7, 11) is 0. The predicted molar refractivity (Wildman–Crippen MR) is 94.8 cm³/mol. The lowest BCUT2D eigenvalue weighted by atomic mass is 9.53. The van der Waals surface area contributed by atoms with Crippen LogP contribution in [0.3, 0.4) is 0 Å². The molecule has 26 heavy (non-hydrogen) atoms. The number of nitriles is 3. The molecule has 4 atom stereocenters. The predicted octanol–water partition coefficient (Wildman–Crippen LogP) is 4.20. The van der Waals surface area contributed by atoms with Gasteiger partial charge in [0.15, 0.2) is 5.41 Å². The summed E-state index contributed by atoms with van der Waals surface area (Å²) in [6.07, 6.45) is 0.753. The lowest BCUT2D eigenvalue weighted by Crippen LogP contribution is -2.59. The lowest BCUT2D eigenvalue weighted by molar-refractivity contribution is -0.285. The number of aryl methyl sites for hydroxylation is 1. The SMILES string of the molecule is CCCC12OC(=N)C(C#N)(C1CC)C(C#N)(C#N)C(c1ccc(C)s1)O2. The highest BCUT2D eigenvalue weighted by Gasteiger charge is 2.79. The molecule has 2 saturated heterocycles. The monoisotopic (exact) mass is 368 g/mol. The lowest BCUT2D eigenvalue weighted by Gasteiger charge is -2.49.